The number of hydrogen-bond acceptors (Lipinski definition) is 6. The lowest BCUT2D eigenvalue weighted by Gasteiger charge is -2.18. The van der Waals surface area contributed by atoms with Crippen LogP contribution in [0.5, 0.6) is 0 Å². The Morgan fingerprint density at radius 3 is 2.81 bits per heavy atom. The molecule has 0 aliphatic carbocycles. The predicted octanol–water partition coefficient (Wildman–Crippen LogP) is 3.05. The maximum Gasteiger partial charge on any atom is 0.341 e. The Morgan fingerprint density at radius 2 is 2.06 bits per heavy atom. The maximum absolute atomic E-state index is 13.4. The molecule has 0 N–H and O–H groups in total. The number of carbonyl (C=O) groups excluding carboxylic acids is 2. The van der Waals surface area contributed by atoms with Crippen LogP contribution in [-0.2, 0) is 16.0 Å². The lowest BCUT2D eigenvalue weighted by Crippen LogP contribution is -2.35. The molecule has 5 rings (SSSR count). The van der Waals surface area contributed by atoms with Gasteiger partial charge >= 0.3 is 5.97 Å². The van der Waals surface area contributed by atoms with Crippen molar-refractivity contribution in [2.24, 2.45) is 4.99 Å². The first-order chi connectivity index (χ1) is 17.5. The standard InChI is InChI=1S/C27H26N4O5/c1-3-35-27(34)21-15-20-23(28-22-11-4-5-12-30(22)26(20)33)31(16-19-10-7-13-36-19)24(21)29-25(32)18-9-6-8-17(2)14-18/h4-6,8-9,11-12,14-15,19H,3,7,10,13,16H2,1-2H3/t19-/m0/s1. The zero-order valence-electron chi connectivity index (χ0n) is 20.1. The van der Waals surface area contributed by atoms with Gasteiger partial charge in [-0.25, -0.2) is 9.78 Å². The van der Waals surface area contributed by atoms with Crippen molar-refractivity contribution in [3.05, 3.63) is 87.3 Å². The van der Waals surface area contributed by atoms with Crippen molar-refractivity contribution in [2.75, 3.05) is 13.2 Å². The molecule has 0 radical (unpaired) electrons. The molecular formula is C27H26N4O5. The van der Waals surface area contributed by atoms with Crippen LogP contribution in [-0.4, -0.2) is 45.1 Å². The zero-order valence-corrected chi connectivity index (χ0v) is 20.1. The van der Waals surface area contributed by atoms with Gasteiger partial charge in [0.25, 0.3) is 11.5 Å². The molecule has 36 heavy (non-hydrogen) atoms. The van der Waals surface area contributed by atoms with E-state index >= 15 is 0 Å². The summed E-state index contributed by atoms with van der Waals surface area (Å²) in [6, 6.07) is 13.8. The lowest BCUT2D eigenvalue weighted by atomic mass is 10.1. The quantitative estimate of drug-likeness (QED) is 0.317. The molecule has 1 amide bonds. The van der Waals surface area contributed by atoms with Gasteiger partial charge in [0.15, 0.2) is 5.49 Å². The zero-order chi connectivity index (χ0) is 25.2. The fraction of sp³-hybridized carbons (Fsp3) is 0.296. The van der Waals surface area contributed by atoms with Gasteiger partial charge in [-0.15, -0.1) is 0 Å². The first-order valence-corrected chi connectivity index (χ1v) is 12.0. The van der Waals surface area contributed by atoms with E-state index in [4.69, 9.17) is 14.5 Å². The third kappa shape index (κ3) is 4.45. The van der Waals surface area contributed by atoms with E-state index in [0.717, 1.165) is 18.4 Å². The number of amides is 1. The van der Waals surface area contributed by atoms with Gasteiger partial charge in [-0.05, 0) is 57.0 Å². The molecule has 0 saturated carbocycles. The molecule has 9 heteroatoms. The normalized spacial score (nSPS) is 16.1. The van der Waals surface area contributed by atoms with E-state index in [-0.39, 0.29) is 41.3 Å². The number of nitrogens with zero attached hydrogens (tertiary/aromatic N) is 4. The molecule has 1 aliphatic heterocycles. The number of rotatable bonds is 5. The summed E-state index contributed by atoms with van der Waals surface area (Å²) >= 11 is 0. The molecule has 0 unspecified atom stereocenters. The Balaban J connectivity index is 1.86. The Labute approximate surface area is 206 Å². The third-order valence-corrected chi connectivity index (χ3v) is 6.17. The van der Waals surface area contributed by atoms with E-state index in [1.165, 1.54) is 10.5 Å². The summed E-state index contributed by atoms with van der Waals surface area (Å²) in [4.78, 5) is 48.9. The molecule has 1 saturated heterocycles. The number of pyridine rings is 2. The highest BCUT2D eigenvalue weighted by Crippen LogP contribution is 2.17. The predicted molar refractivity (Wildman–Crippen MR) is 133 cm³/mol. The van der Waals surface area contributed by atoms with Crippen LogP contribution < -0.4 is 11.0 Å². The fourth-order valence-electron chi connectivity index (χ4n) is 4.46. The molecular weight excluding hydrogens is 460 g/mol. The van der Waals surface area contributed by atoms with E-state index < -0.39 is 11.9 Å². The van der Waals surface area contributed by atoms with Gasteiger partial charge in [0.1, 0.15) is 16.9 Å². The minimum atomic E-state index is -0.672. The minimum Gasteiger partial charge on any atom is -0.462 e. The maximum atomic E-state index is 13.4. The van der Waals surface area contributed by atoms with Crippen molar-refractivity contribution in [3.63, 3.8) is 0 Å². The summed E-state index contributed by atoms with van der Waals surface area (Å²) in [5, 5.41) is 0.224. The first-order valence-electron chi connectivity index (χ1n) is 12.0. The van der Waals surface area contributed by atoms with Crippen molar-refractivity contribution in [1.82, 2.24) is 14.0 Å². The van der Waals surface area contributed by atoms with E-state index in [9.17, 15) is 14.4 Å². The Morgan fingerprint density at radius 1 is 1.19 bits per heavy atom. The van der Waals surface area contributed by atoms with Crippen molar-refractivity contribution in [3.8, 4) is 0 Å². The molecule has 4 aromatic rings. The van der Waals surface area contributed by atoms with Crippen molar-refractivity contribution < 1.29 is 19.1 Å². The highest BCUT2D eigenvalue weighted by molar-refractivity contribution is 5.97. The van der Waals surface area contributed by atoms with Crippen molar-refractivity contribution in [1.29, 1.82) is 0 Å². The van der Waals surface area contributed by atoms with E-state index in [2.05, 4.69) is 4.99 Å². The second kappa shape index (κ2) is 9.87. The summed E-state index contributed by atoms with van der Waals surface area (Å²) < 4.78 is 14.2. The number of aromatic nitrogens is 3. The van der Waals surface area contributed by atoms with Gasteiger partial charge in [-0.1, -0.05) is 23.8 Å². The van der Waals surface area contributed by atoms with Crippen molar-refractivity contribution in [2.45, 2.75) is 39.3 Å². The number of ether oxygens (including phenoxy) is 2. The average Bonchev–Trinajstić information content (AvgIpc) is 3.39. The number of esters is 1. The van der Waals surface area contributed by atoms with Gasteiger partial charge in [-0.2, -0.15) is 4.99 Å². The van der Waals surface area contributed by atoms with Gasteiger partial charge in [0.2, 0.25) is 0 Å². The molecule has 0 bridgehead atoms. The van der Waals surface area contributed by atoms with Crippen LogP contribution in [0.3, 0.4) is 0 Å². The molecule has 1 atom stereocenters. The molecule has 9 nitrogen and oxygen atoms in total. The Bertz CT molecular complexity index is 1610. The highest BCUT2D eigenvalue weighted by Gasteiger charge is 2.24. The molecule has 3 aromatic heterocycles. The summed E-state index contributed by atoms with van der Waals surface area (Å²) in [5.41, 5.74) is 1.85. The monoisotopic (exact) mass is 486 g/mol. The summed E-state index contributed by atoms with van der Waals surface area (Å²) in [6.45, 7) is 4.60. The third-order valence-electron chi connectivity index (χ3n) is 6.17. The van der Waals surface area contributed by atoms with Crippen molar-refractivity contribution >= 4 is 28.6 Å². The summed E-state index contributed by atoms with van der Waals surface area (Å²) in [5.74, 6) is -1.18. The number of carbonyl (C=O) groups is 2. The molecule has 0 spiro atoms. The lowest BCUT2D eigenvalue weighted by molar-refractivity contribution is 0.0521. The van der Waals surface area contributed by atoms with Gasteiger partial charge < -0.3 is 14.0 Å². The first kappa shape index (κ1) is 23.6. The van der Waals surface area contributed by atoms with Crippen LogP contribution in [0.15, 0.2) is 64.5 Å². The minimum absolute atomic E-state index is 0.0260. The van der Waals surface area contributed by atoms with Crippen LogP contribution in [0.2, 0.25) is 0 Å². The topological polar surface area (TPSA) is 104 Å². The number of fused-ring (bicyclic) bond motifs is 2. The van der Waals surface area contributed by atoms with Gasteiger partial charge in [-0.3, -0.25) is 14.0 Å². The van der Waals surface area contributed by atoms with Crippen LogP contribution in [0.4, 0.5) is 0 Å². The average molecular weight is 487 g/mol. The van der Waals surface area contributed by atoms with Crippen LogP contribution in [0.25, 0.3) is 16.7 Å². The van der Waals surface area contributed by atoms with E-state index in [0.29, 0.717) is 23.5 Å². The molecule has 1 aliphatic rings. The van der Waals surface area contributed by atoms with Gasteiger partial charge in [0.05, 0.1) is 24.6 Å². The SMILES string of the molecule is CCOC(=O)c1cc2c(=O)n3ccccc3nc2n(C[C@@H]2CCCO2)c1=NC(=O)c1cccc(C)c1. The number of aryl methyl sites for hydroxylation is 1. The highest BCUT2D eigenvalue weighted by atomic mass is 16.5. The Kier molecular flexibility index (Phi) is 6.47. The second-order valence-corrected chi connectivity index (χ2v) is 8.72. The molecule has 1 aromatic carbocycles. The molecule has 184 valence electrons. The number of hydrogen-bond donors (Lipinski definition) is 0. The van der Waals surface area contributed by atoms with E-state index in [1.807, 2.05) is 13.0 Å². The van der Waals surface area contributed by atoms with Gasteiger partial charge in [0, 0.05) is 18.4 Å². The van der Waals surface area contributed by atoms with Crippen LogP contribution >= 0.6 is 0 Å². The number of benzene rings is 1. The molecule has 4 heterocycles. The fourth-order valence-corrected chi connectivity index (χ4v) is 4.46. The Hall–Kier alpha value is -4.11. The summed E-state index contributed by atoms with van der Waals surface area (Å²) in [7, 11) is 0. The van der Waals surface area contributed by atoms with Crippen LogP contribution in [0.1, 0.15) is 46.0 Å². The molecule has 1 fully saturated rings. The summed E-state index contributed by atoms with van der Waals surface area (Å²) in [6.07, 6.45) is 3.15. The van der Waals surface area contributed by atoms with E-state index in [1.54, 1.807) is 54.1 Å². The second-order valence-electron chi connectivity index (χ2n) is 8.72. The smallest absolute Gasteiger partial charge is 0.341 e. The van der Waals surface area contributed by atoms with Crippen LogP contribution in [0, 0.1) is 6.92 Å². The largest absolute Gasteiger partial charge is 0.462 e.